The molecule has 0 amide bonds. The van der Waals surface area contributed by atoms with E-state index in [2.05, 4.69) is 0 Å². The topological polar surface area (TPSA) is 26.0 Å². The van der Waals surface area contributed by atoms with Gasteiger partial charge in [0.05, 0.1) is 0 Å². The minimum absolute atomic E-state index is 0.196. The summed E-state index contributed by atoms with van der Waals surface area (Å²) in [4.78, 5) is 0.983. The zero-order valence-corrected chi connectivity index (χ0v) is 11.5. The van der Waals surface area contributed by atoms with Crippen LogP contribution in [-0.4, -0.2) is 5.75 Å². The van der Waals surface area contributed by atoms with Crippen molar-refractivity contribution < 1.29 is 8.78 Å². The van der Waals surface area contributed by atoms with Crippen LogP contribution in [0.3, 0.4) is 0 Å². The summed E-state index contributed by atoms with van der Waals surface area (Å²) in [7, 11) is 0. The van der Waals surface area contributed by atoms with Gasteiger partial charge in [0.1, 0.15) is 0 Å². The van der Waals surface area contributed by atoms with E-state index >= 15 is 0 Å². The average molecular weight is 300 g/mol. The number of thioether (sulfide) groups is 1. The number of hydrogen-bond donors (Lipinski definition) is 1. The number of nitrogens with two attached hydrogens (primary N) is 1. The van der Waals surface area contributed by atoms with E-state index in [9.17, 15) is 8.78 Å². The molecule has 100 valence electrons. The van der Waals surface area contributed by atoms with Gasteiger partial charge in [-0.2, -0.15) is 0 Å². The van der Waals surface area contributed by atoms with Gasteiger partial charge in [-0.05, 0) is 30.3 Å². The van der Waals surface area contributed by atoms with Crippen LogP contribution < -0.4 is 5.73 Å². The van der Waals surface area contributed by atoms with Crippen LogP contribution in [0.2, 0.25) is 5.02 Å². The molecule has 1 atom stereocenters. The first-order valence-electron chi connectivity index (χ1n) is 5.66. The molecule has 2 rings (SSSR count). The van der Waals surface area contributed by atoms with E-state index in [0.717, 1.165) is 11.0 Å². The van der Waals surface area contributed by atoms with Crippen LogP contribution in [0.25, 0.3) is 0 Å². The van der Waals surface area contributed by atoms with Gasteiger partial charge in [-0.1, -0.05) is 23.7 Å². The number of rotatable bonds is 4. The molecule has 0 aliphatic rings. The molecule has 19 heavy (non-hydrogen) atoms. The lowest BCUT2D eigenvalue weighted by Gasteiger charge is -2.13. The molecule has 2 aromatic carbocycles. The second-order valence-corrected chi connectivity index (χ2v) is 5.54. The second-order valence-electron chi connectivity index (χ2n) is 4.01. The average Bonchev–Trinajstić information content (AvgIpc) is 2.41. The van der Waals surface area contributed by atoms with Crippen molar-refractivity contribution in [3.05, 3.63) is 64.7 Å². The third kappa shape index (κ3) is 3.69. The van der Waals surface area contributed by atoms with Crippen molar-refractivity contribution in [2.75, 3.05) is 5.75 Å². The Kier molecular flexibility index (Phi) is 4.80. The van der Waals surface area contributed by atoms with Crippen LogP contribution in [0.15, 0.2) is 47.4 Å². The molecule has 0 fully saturated rings. The van der Waals surface area contributed by atoms with Crippen LogP contribution in [0, 0.1) is 11.6 Å². The minimum Gasteiger partial charge on any atom is -0.323 e. The molecule has 0 heterocycles. The Hall–Kier alpha value is -1.10. The van der Waals surface area contributed by atoms with E-state index in [4.69, 9.17) is 17.3 Å². The van der Waals surface area contributed by atoms with E-state index in [1.807, 2.05) is 12.1 Å². The summed E-state index contributed by atoms with van der Waals surface area (Å²) >= 11 is 7.26. The predicted octanol–water partition coefficient (Wildman–Crippen LogP) is 4.41. The van der Waals surface area contributed by atoms with E-state index in [1.54, 1.807) is 12.1 Å². The Morgan fingerprint density at radius 3 is 2.47 bits per heavy atom. The van der Waals surface area contributed by atoms with Crippen LogP contribution in [0.5, 0.6) is 0 Å². The van der Waals surface area contributed by atoms with Crippen molar-refractivity contribution in [1.29, 1.82) is 0 Å². The van der Waals surface area contributed by atoms with Gasteiger partial charge in [-0.25, -0.2) is 8.78 Å². The van der Waals surface area contributed by atoms with Crippen molar-refractivity contribution in [3.63, 3.8) is 0 Å². The number of hydrogen-bond acceptors (Lipinski definition) is 2. The molecular formula is C14H12ClF2NS. The standard InChI is InChI=1S/C14H12ClF2NS/c15-9-4-6-10(7-5-9)19-8-13(18)11-2-1-3-12(16)14(11)17/h1-7,13H,8,18H2. The van der Waals surface area contributed by atoms with E-state index < -0.39 is 17.7 Å². The number of benzene rings is 2. The third-order valence-corrected chi connectivity index (χ3v) is 4.01. The maximum Gasteiger partial charge on any atom is 0.163 e. The maximum absolute atomic E-state index is 13.5. The Morgan fingerprint density at radius 1 is 1.11 bits per heavy atom. The summed E-state index contributed by atoms with van der Waals surface area (Å²) in [5, 5.41) is 0.657. The fraction of sp³-hybridized carbons (Fsp3) is 0.143. The molecule has 0 aliphatic carbocycles. The molecule has 0 spiro atoms. The summed E-state index contributed by atoms with van der Waals surface area (Å²) in [5.74, 6) is -1.28. The molecule has 0 aromatic heterocycles. The summed E-state index contributed by atoms with van der Waals surface area (Å²) in [6.07, 6.45) is 0. The second kappa shape index (κ2) is 6.37. The summed E-state index contributed by atoms with van der Waals surface area (Å²) < 4.78 is 26.6. The highest BCUT2D eigenvalue weighted by Gasteiger charge is 2.14. The largest absolute Gasteiger partial charge is 0.323 e. The van der Waals surface area contributed by atoms with E-state index in [0.29, 0.717) is 10.8 Å². The minimum atomic E-state index is -0.871. The fourth-order valence-electron chi connectivity index (χ4n) is 1.61. The van der Waals surface area contributed by atoms with Crippen LogP contribution >= 0.6 is 23.4 Å². The molecule has 0 saturated heterocycles. The van der Waals surface area contributed by atoms with Gasteiger partial charge in [0.15, 0.2) is 11.6 Å². The van der Waals surface area contributed by atoms with Gasteiger partial charge in [0.2, 0.25) is 0 Å². The zero-order valence-electron chi connectivity index (χ0n) is 9.95. The van der Waals surface area contributed by atoms with Crippen molar-refractivity contribution >= 4 is 23.4 Å². The van der Waals surface area contributed by atoms with Gasteiger partial charge in [0, 0.05) is 27.3 Å². The highest BCUT2D eigenvalue weighted by Crippen LogP contribution is 2.26. The van der Waals surface area contributed by atoms with Gasteiger partial charge < -0.3 is 5.73 Å². The lowest BCUT2D eigenvalue weighted by molar-refractivity contribution is 0.493. The molecule has 0 radical (unpaired) electrons. The lowest BCUT2D eigenvalue weighted by Crippen LogP contribution is -2.15. The third-order valence-electron chi connectivity index (χ3n) is 2.62. The fourth-order valence-corrected chi connectivity index (χ4v) is 2.62. The Labute approximate surface area is 119 Å². The van der Waals surface area contributed by atoms with Crippen molar-refractivity contribution in [1.82, 2.24) is 0 Å². The first-order chi connectivity index (χ1) is 9.08. The molecule has 0 saturated carbocycles. The van der Waals surface area contributed by atoms with Crippen LogP contribution in [-0.2, 0) is 0 Å². The Bertz CT molecular complexity index is 560. The highest BCUT2D eigenvalue weighted by molar-refractivity contribution is 7.99. The quantitative estimate of drug-likeness (QED) is 0.846. The number of halogens is 3. The van der Waals surface area contributed by atoms with Gasteiger partial charge in [-0.3, -0.25) is 0 Å². The SMILES string of the molecule is NC(CSc1ccc(Cl)cc1)c1cccc(F)c1F. The van der Waals surface area contributed by atoms with E-state index in [1.165, 1.54) is 23.9 Å². The Morgan fingerprint density at radius 2 is 1.79 bits per heavy atom. The molecule has 0 aliphatic heterocycles. The summed E-state index contributed by atoms with van der Waals surface area (Å²) in [5.41, 5.74) is 6.08. The smallest absolute Gasteiger partial charge is 0.163 e. The van der Waals surface area contributed by atoms with Crippen molar-refractivity contribution in [2.24, 2.45) is 5.73 Å². The first-order valence-corrected chi connectivity index (χ1v) is 7.02. The van der Waals surface area contributed by atoms with Crippen LogP contribution in [0.4, 0.5) is 8.78 Å². The Balaban J connectivity index is 2.03. The molecule has 1 nitrogen and oxygen atoms in total. The zero-order chi connectivity index (χ0) is 13.8. The molecular weight excluding hydrogens is 288 g/mol. The molecule has 2 aromatic rings. The predicted molar refractivity (Wildman–Crippen MR) is 75.5 cm³/mol. The molecule has 1 unspecified atom stereocenters. The highest BCUT2D eigenvalue weighted by atomic mass is 35.5. The first kappa shape index (κ1) is 14.3. The monoisotopic (exact) mass is 299 g/mol. The lowest BCUT2D eigenvalue weighted by atomic mass is 10.1. The molecule has 2 N–H and O–H groups in total. The van der Waals surface area contributed by atoms with Gasteiger partial charge in [-0.15, -0.1) is 11.8 Å². The van der Waals surface area contributed by atoms with Gasteiger partial charge in [0.25, 0.3) is 0 Å². The maximum atomic E-state index is 13.5. The molecule has 5 heteroatoms. The van der Waals surface area contributed by atoms with Crippen molar-refractivity contribution in [2.45, 2.75) is 10.9 Å². The van der Waals surface area contributed by atoms with Crippen LogP contribution in [0.1, 0.15) is 11.6 Å². The summed E-state index contributed by atoms with van der Waals surface area (Å²) in [6.45, 7) is 0. The molecule has 0 bridgehead atoms. The normalized spacial score (nSPS) is 12.4. The summed E-state index contributed by atoms with van der Waals surface area (Å²) in [6, 6.07) is 10.8. The van der Waals surface area contributed by atoms with E-state index in [-0.39, 0.29) is 5.56 Å². The van der Waals surface area contributed by atoms with Gasteiger partial charge >= 0.3 is 0 Å². The van der Waals surface area contributed by atoms with Crippen molar-refractivity contribution in [3.8, 4) is 0 Å².